The largest absolute Gasteiger partial charge is 0.0771 e. The lowest BCUT2D eigenvalue weighted by atomic mass is 9.92. The second kappa shape index (κ2) is 1.48. The highest BCUT2D eigenvalue weighted by Crippen LogP contribution is 2.79. The lowest BCUT2D eigenvalue weighted by molar-refractivity contribution is 0.490. The van der Waals surface area contributed by atoms with E-state index in [0.29, 0.717) is 16.2 Å². The molecule has 2 aliphatic carbocycles. The average molecular weight is 148 g/mol. The van der Waals surface area contributed by atoms with Gasteiger partial charge in [0.25, 0.3) is 0 Å². The van der Waals surface area contributed by atoms with Gasteiger partial charge in [0.05, 0.1) is 0 Å². The van der Waals surface area contributed by atoms with Crippen LogP contribution in [0.3, 0.4) is 0 Å². The zero-order valence-corrected chi connectivity index (χ0v) is 7.81. The van der Waals surface area contributed by atoms with Gasteiger partial charge in [0.1, 0.15) is 0 Å². The van der Waals surface area contributed by atoms with E-state index in [-0.39, 0.29) is 0 Å². The molecule has 1 fully saturated rings. The van der Waals surface area contributed by atoms with Gasteiger partial charge in [-0.3, -0.25) is 0 Å². The Kier molecular flexibility index (Phi) is 0.960. The van der Waals surface area contributed by atoms with Crippen molar-refractivity contribution in [1.82, 2.24) is 0 Å². The molecule has 0 aliphatic heterocycles. The van der Waals surface area contributed by atoms with Crippen molar-refractivity contribution >= 4 is 0 Å². The molecule has 2 unspecified atom stereocenters. The average Bonchev–Trinajstić information content (AvgIpc) is 2.28. The number of hydrogen-bond donors (Lipinski definition) is 0. The maximum atomic E-state index is 2.35. The third-order valence-corrected chi connectivity index (χ3v) is 4.58. The lowest BCUT2D eigenvalue weighted by Gasteiger charge is -2.12. The van der Waals surface area contributed by atoms with Gasteiger partial charge in [-0.1, -0.05) is 52.0 Å². The number of rotatable bonds is 0. The van der Waals surface area contributed by atoms with Crippen LogP contribution in [0, 0.1) is 16.2 Å². The van der Waals surface area contributed by atoms with Crippen LogP contribution < -0.4 is 0 Å². The molecular weight excluding hydrogens is 132 g/mol. The van der Waals surface area contributed by atoms with E-state index >= 15 is 0 Å². The fourth-order valence-electron chi connectivity index (χ4n) is 2.68. The third kappa shape index (κ3) is 0.473. The standard InChI is InChI=1S/C11H16/c1-9(2)10(3)7-5-6-8-11(9,10)4/h5-8H,1-4H3. The van der Waals surface area contributed by atoms with E-state index in [4.69, 9.17) is 0 Å². The van der Waals surface area contributed by atoms with E-state index in [1.54, 1.807) is 0 Å². The van der Waals surface area contributed by atoms with Gasteiger partial charge in [0.2, 0.25) is 0 Å². The second-order valence-corrected chi connectivity index (χ2v) is 4.75. The highest BCUT2D eigenvalue weighted by Gasteiger charge is 2.74. The van der Waals surface area contributed by atoms with Crippen molar-refractivity contribution in [1.29, 1.82) is 0 Å². The van der Waals surface area contributed by atoms with Gasteiger partial charge in [0, 0.05) is 10.8 Å². The first kappa shape index (κ1) is 7.15. The molecule has 0 aromatic heterocycles. The molecule has 2 atom stereocenters. The molecule has 0 spiro atoms. The zero-order chi connectivity index (χ0) is 8.33. The van der Waals surface area contributed by atoms with Crippen LogP contribution in [0.25, 0.3) is 0 Å². The quantitative estimate of drug-likeness (QED) is 0.495. The van der Waals surface area contributed by atoms with E-state index in [1.165, 1.54) is 0 Å². The smallest absolute Gasteiger partial charge is 0.00100 e. The normalized spacial score (nSPS) is 50.5. The first-order chi connectivity index (χ1) is 4.96. The molecule has 0 amide bonds. The molecule has 0 bridgehead atoms. The Balaban J connectivity index is 2.52. The van der Waals surface area contributed by atoms with E-state index < -0.39 is 0 Å². The van der Waals surface area contributed by atoms with E-state index in [2.05, 4.69) is 52.0 Å². The van der Waals surface area contributed by atoms with Crippen LogP contribution in [0.4, 0.5) is 0 Å². The minimum absolute atomic E-state index is 0.411. The molecule has 1 saturated carbocycles. The minimum atomic E-state index is 0.411. The van der Waals surface area contributed by atoms with Gasteiger partial charge < -0.3 is 0 Å². The highest BCUT2D eigenvalue weighted by molar-refractivity contribution is 5.41. The Morgan fingerprint density at radius 3 is 1.36 bits per heavy atom. The molecule has 0 heterocycles. The van der Waals surface area contributed by atoms with Gasteiger partial charge in [-0.15, -0.1) is 0 Å². The maximum Gasteiger partial charge on any atom is 0.00100 e. The van der Waals surface area contributed by atoms with Crippen LogP contribution in [0.15, 0.2) is 24.3 Å². The maximum absolute atomic E-state index is 2.35. The fraction of sp³-hybridized carbons (Fsp3) is 0.636. The number of allylic oxidation sites excluding steroid dienone is 4. The molecule has 2 rings (SSSR count). The predicted molar refractivity (Wildman–Crippen MR) is 48.3 cm³/mol. The van der Waals surface area contributed by atoms with Gasteiger partial charge in [-0.25, -0.2) is 0 Å². The Labute approximate surface area is 69.0 Å². The summed E-state index contributed by atoms with van der Waals surface area (Å²) in [5.41, 5.74) is 1.27. The Hall–Kier alpha value is -0.520. The van der Waals surface area contributed by atoms with Gasteiger partial charge in [-0.2, -0.15) is 0 Å². The van der Waals surface area contributed by atoms with Crippen molar-refractivity contribution in [2.75, 3.05) is 0 Å². The molecule has 11 heavy (non-hydrogen) atoms. The lowest BCUT2D eigenvalue weighted by Crippen LogP contribution is -2.03. The second-order valence-electron chi connectivity index (χ2n) is 4.75. The molecule has 2 aliphatic rings. The number of hydrogen-bond acceptors (Lipinski definition) is 0. The van der Waals surface area contributed by atoms with Crippen LogP contribution in [0.2, 0.25) is 0 Å². The van der Waals surface area contributed by atoms with Crippen LogP contribution >= 0.6 is 0 Å². The summed E-state index contributed by atoms with van der Waals surface area (Å²) in [6.45, 7) is 9.42. The molecule has 0 aromatic rings. The van der Waals surface area contributed by atoms with Crippen molar-refractivity contribution in [2.24, 2.45) is 16.2 Å². The Morgan fingerprint density at radius 2 is 1.09 bits per heavy atom. The molecule has 0 saturated heterocycles. The first-order valence-corrected chi connectivity index (χ1v) is 4.33. The van der Waals surface area contributed by atoms with Crippen molar-refractivity contribution < 1.29 is 0 Å². The van der Waals surface area contributed by atoms with Crippen molar-refractivity contribution in [3.05, 3.63) is 24.3 Å². The predicted octanol–water partition coefficient (Wildman–Crippen LogP) is 3.16. The fourth-order valence-corrected chi connectivity index (χ4v) is 2.68. The summed E-state index contributed by atoms with van der Waals surface area (Å²) in [4.78, 5) is 0. The monoisotopic (exact) mass is 148 g/mol. The minimum Gasteiger partial charge on any atom is -0.0771 e. The van der Waals surface area contributed by atoms with Crippen molar-refractivity contribution in [3.63, 3.8) is 0 Å². The summed E-state index contributed by atoms with van der Waals surface area (Å²) in [6.07, 6.45) is 9.06. The molecule has 0 heteroatoms. The van der Waals surface area contributed by atoms with E-state index in [9.17, 15) is 0 Å². The van der Waals surface area contributed by atoms with Crippen LogP contribution in [0.1, 0.15) is 27.7 Å². The summed E-state index contributed by atoms with van der Waals surface area (Å²) in [5.74, 6) is 0. The number of fused-ring (bicyclic) bond motifs is 1. The molecule has 0 N–H and O–H groups in total. The Bertz CT molecular complexity index is 231. The summed E-state index contributed by atoms with van der Waals surface area (Å²) < 4.78 is 0. The summed E-state index contributed by atoms with van der Waals surface area (Å²) in [7, 11) is 0. The first-order valence-electron chi connectivity index (χ1n) is 4.33. The summed E-state index contributed by atoms with van der Waals surface area (Å²) in [5, 5.41) is 0. The zero-order valence-electron chi connectivity index (χ0n) is 7.81. The SMILES string of the molecule is CC1(C)C2(C)C=CC=CC12C. The van der Waals surface area contributed by atoms with Crippen LogP contribution in [-0.2, 0) is 0 Å². The van der Waals surface area contributed by atoms with E-state index in [1.807, 2.05) is 0 Å². The van der Waals surface area contributed by atoms with Crippen molar-refractivity contribution in [3.8, 4) is 0 Å². The highest BCUT2D eigenvalue weighted by atomic mass is 14.8. The Morgan fingerprint density at radius 1 is 0.727 bits per heavy atom. The third-order valence-electron chi connectivity index (χ3n) is 4.58. The van der Waals surface area contributed by atoms with Crippen LogP contribution in [-0.4, -0.2) is 0 Å². The topological polar surface area (TPSA) is 0 Å². The van der Waals surface area contributed by atoms with E-state index in [0.717, 1.165) is 0 Å². The molecule has 0 radical (unpaired) electrons. The van der Waals surface area contributed by atoms with Gasteiger partial charge in [0.15, 0.2) is 0 Å². The van der Waals surface area contributed by atoms with Crippen molar-refractivity contribution in [2.45, 2.75) is 27.7 Å². The molecule has 60 valence electrons. The molecular formula is C11H16. The van der Waals surface area contributed by atoms with Gasteiger partial charge in [-0.05, 0) is 5.41 Å². The van der Waals surface area contributed by atoms with Gasteiger partial charge >= 0.3 is 0 Å². The molecule has 0 aromatic carbocycles. The van der Waals surface area contributed by atoms with Crippen LogP contribution in [0.5, 0.6) is 0 Å². The summed E-state index contributed by atoms with van der Waals surface area (Å²) in [6, 6.07) is 0. The molecule has 0 nitrogen and oxygen atoms in total. The summed E-state index contributed by atoms with van der Waals surface area (Å²) >= 11 is 0.